The fourth-order valence-electron chi connectivity index (χ4n) is 1.93. The summed E-state index contributed by atoms with van der Waals surface area (Å²) in [6.07, 6.45) is -1.85. The van der Waals surface area contributed by atoms with Gasteiger partial charge in [0.1, 0.15) is 17.6 Å². The van der Waals surface area contributed by atoms with Crippen molar-refractivity contribution in [3.05, 3.63) is 42.5 Å². The van der Waals surface area contributed by atoms with Crippen LogP contribution in [0.15, 0.2) is 36.9 Å². The number of anilines is 1. The molecule has 0 radical (unpaired) electrons. The highest BCUT2D eigenvalue weighted by atomic mass is 19.4. The average Bonchev–Trinajstić information content (AvgIpc) is 2.92. The first-order valence-electron chi connectivity index (χ1n) is 6.24. The van der Waals surface area contributed by atoms with Crippen LogP contribution in [0.4, 0.5) is 19.0 Å². The Labute approximate surface area is 122 Å². The van der Waals surface area contributed by atoms with Crippen molar-refractivity contribution in [3.8, 4) is 5.75 Å². The molecular weight excluding hydrogens is 299 g/mol. The summed E-state index contributed by atoms with van der Waals surface area (Å²) in [5.41, 5.74) is 1.75. The van der Waals surface area contributed by atoms with Crippen molar-refractivity contribution in [2.24, 2.45) is 0 Å². The number of nitrogens with one attached hydrogen (secondary N) is 2. The summed E-state index contributed by atoms with van der Waals surface area (Å²) in [5.74, 6) is 0.229. The number of alkyl halides is 3. The van der Waals surface area contributed by atoms with Crippen molar-refractivity contribution in [2.75, 3.05) is 5.32 Å². The molecule has 6 nitrogen and oxygen atoms in total. The predicted octanol–water partition coefficient (Wildman–Crippen LogP) is 2.86. The van der Waals surface area contributed by atoms with Gasteiger partial charge in [-0.15, -0.1) is 13.2 Å². The van der Waals surface area contributed by atoms with Crippen LogP contribution in [0.25, 0.3) is 11.2 Å². The van der Waals surface area contributed by atoms with Crippen molar-refractivity contribution < 1.29 is 17.9 Å². The molecule has 0 amide bonds. The van der Waals surface area contributed by atoms with Crippen LogP contribution < -0.4 is 10.1 Å². The fraction of sp³-hybridized carbons (Fsp3) is 0.154. The van der Waals surface area contributed by atoms with E-state index < -0.39 is 6.36 Å². The quantitative estimate of drug-likeness (QED) is 0.775. The molecule has 3 rings (SSSR count). The Hall–Kier alpha value is -2.84. The van der Waals surface area contributed by atoms with Gasteiger partial charge in [0, 0.05) is 6.54 Å². The molecule has 0 aliphatic carbocycles. The third-order valence-corrected chi connectivity index (χ3v) is 2.81. The molecular formula is C13H10F3N5O. The smallest absolute Gasteiger partial charge is 0.406 e. The summed E-state index contributed by atoms with van der Waals surface area (Å²) >= 11 is 0. The summed E-state index contributed by atoms with van der Waals surface area (Å²) in [6.45, 7) is 0.272. The molecule has 0 aliphatic heterocycles. The predicted molar refractivity (Wildman–Crippen MR) is 72.1 cm³/mol. The molecule has 0 saturated heterocycles. The van der Waals surface area contributed by atoms with Gasteiger partial charge in [-0.05, 0) is 17.7 Å². The van der Waals surface area contributed by atoms with Crippen molar-refractivity contribution in [2.45, 2.75) is 12.9 Å². The van der Waals surface area contributed by atoms with E-state index in [0.717, 1.165) is 0 Å². The van der Waals surface area contributed by atoms with E-state index in [-0.39, 0.29) is 12.3 Å². The van der Waals surface area contributed by atoms with Gasteiger partial charge in [-0.25, -0.2) is 15.0 Å². The summed E-state index contributed by atoms with van der Waals surface area (Å²) in [6, 6.07) is 5.72. The number of nitrogens with zero attached hydrogens (tertiary/aromatic N) is 3. The van der Waals surface area contributed by atoms with Crippen LogP contribution in [0.5, 0.6) is 5.75 Å². The molecule has 0 atom stereocenters. The third-order valence-electron chi connectivity index (χ3n) is 2.81. The van der Waals surface area contributed by atoms with Crippen LogP contribution in [0.2, 0.25) is 0 Å². The maximum absolute atomic E-state index is 12.2. The first-order chi connectivity index (χ1) is 10.5. The van der Waals surface area contributed by atoms with Crippen LogP contribution in [-0.2, 0) is 6.54 Å². The highest BCUT2D eigenvalue weighted by Crippen LogP contribution is 2.24. The number of imidazole rings is 1. The second-order valence-electron chi connectivity index (χ2n) is 4.37. The third kappa shape index (κ3) is 3.25. The maximum atomic E-state index is 12.2. The molecule has 0 aliphatic rings. The zero-order valence-corrected chi connectivity index (χ0v) is 11.1. The zero-order chi connectivity index (χ0) is 15.6. The Kier molecular flexibility index (Phi) is 3.53. The van der Waals surface area contributed by atoms with Crippen LogP contribution >= 0.6 is 0 Å². The second kappa shape index (κ2) is 5.51. The maximum Gasteiger partial charge on any atom is 0.573 e. The van der Waals surface area contributed by atoms with E-state index >= 15 is 0 Å². The number of halogens is 3. The van der Waals surface area contributed by atoms with Gasteiger partial charge in [-0.3, -0.25) is 0 Å². The summed E-state index contributed by atoms with van der Waals surface area (Å²) in [5, 5.41) is 3.01. The number of hydrogen-bond acceptors (Lipinski definition) is 5. The molecule has 1 aromatic carbocycles. The molecule has 0 unspecified atom stereocenters. The zero-order valence-electron chi connectivity index (χ0n) is 11.1. The van der Waals surface area contributed by atoms with Gasteiger partial charge in [-0.1, -0.05) is 12.1 Å². The SMILES string of the molecule is FC(F)(F)Oc1cccc(CNc2ncnc3[nH]cnc23)c1. The molecule has 0 fully saturated rings. The van der Waals surface area contributed by atoms with E-state index in [9.17, 15) is 13.2 Å². The molecule has 22 heavy (non-hydrogen) atoms. The highest BCUT2D eigenvalue weighted by Gasteiger charge is 2.31. The first kappa shape index (κ1) is 14.1. The normalized spacial score (nSPS) is 11.6. The number of fused-ring (bicyclic) bond motifs is 1. The Morgan fingerprint density at radius 3 is 2.86 bits per heavy atom. The lowest BCUT2D eigenvalue weighted by molar-refractivity contribution is -0.274. The second-order valence-corrected chi connectivity index (χ2v) is 4.37. The lowest BCUT2D eigenvalue weighted by atomic mass is 10.2. The van der Waals surface area contributed by atoms with Crippen molar-refractivity contribution >= 4 is 17.0 Å². The van der Waals surface area contributed by atoms with E-state index in [0.29, 0.717) is 22.5 Å². The largest absolute Gasteiger partial charge is 0.573 e. The minimum Gasteiger partial charge on any atom is -0.406 e. The first-order valence-corrected chi connectivity index (χ1v) is 6.24. The summed E-state index contributed by atoms with van der Waals surface area (Å²) in [7, 11) is 0. The molecule has 0 saturated carbocycles. The Bertz CT molecular complexity index is 786. The highest BCUT2D eigenvalue weighted by molar-refractivity contribution is 5.81. The molecule has 2 heterocycles. The standard InChI is InChI=1S/C13H10F3N5O/c14-13(15,16)22-9-3-1-2-8(4-9)5-17-11-10-12(19-6-18-10)21-7-20-11/h1-4,6-7H,5H2,(H2,17,18,19,20,21). The van der Waals surface area contributed by atoms with Crippen molar-refractivity contribution in [1.29, 1.82) is 0 Å². The van der Waals surface area contributed by atoms with Gasteiger partial charge in [-0.2, -0.15) is 0 Å². The van der Waals surface area contributed by atoms with E-state index in [1.807, 2.05) is 0 Å². The van der Waals surface area contributed by atoms with Crippen molar-refractivity contribution in [3.63, 3.8) is 0 Å². The van der Waals surface area contributed by atoms with Gasteiger partial charge in [0.05, 0.1) is 6.33 Å². The minimum atomic E-state index is -4.71. The van der Waals surface area contributed by atoms with Crippen LogP contribution in [0.3, 0.4) is 0 Å². The summed E-state index contributed by atoms with van der Waals surface area (Å²) < 4.78 is 40.5. The van der Waals surface area contributed by atoms with E-state index in [1.165, 1.54) is 30.9 Å². The minimum absolute atomic E-state index is 0.264. The van der Waals surface area contributed by atoms with Crippen LogP contribution in [0.1, 0.15) is 5.56 Å². The Balaban J connectivity index is 1.74. The number of benzene rings is 1. The van der Waals surface area contributed by atoms with Crippen LogP contribution in [-0.4, -0.2) is 26.3 Å². The number of hydrogen-bond donors (Lipinski definition) is 2. The lowest BCUT2D eigenvalue weighted by Gasteiger charge is -2.10. The topological polar surface area (TPSA) is 75.7 Å². The van der Waals surface area contributed by atoms with E-state index in [2.05, 4.69) is 30.0 Å². The van der Waals surface area contributed by atoms with Gasteiger partial charge < -0.3 is 15.0 Å². The number of aromatic amines is 1. The molecule has 2 N–H and O–H groups in total. The molecule has 0 bridgehead atoms. The fourth-order valence-corrected chi connectivity index (χ4v) is 1.93. The molecule has 0 spiro atoms. The Morgan fingerprint density at radius 2 is 2.05 bits per heavy atom. The van der Waals surface area contributed by atoms with E-state index in [1.54, 1.807) is 6.07 Å². The van der Waals surface area contributed by atoms with Gasteiger partial charge >= 0.3 is 6.36 Å². The van der Waals surface area contributed by atoms with Gasteiger partial charge in [0.25, 0.3) is 0 Å². The average molecular weight is 309 g/mol. The molecule has 114 valence electrons. The van der Waals surface area contributed by atoms with E-state index in [4.69, 9.17) is 0 Å². The van der Waals surface area contributed by atoms with Gasteiger partial charge in [0.2, 0.25) is 0 Å². The lowest BCUT2D eigenvalue weighted by Crippen LogP contribution is -2.17. The molecule has 3 aromatic rings. The number of ether oxygens (including phenoxy) is 1. The summed E-state index contributed by atoms with van der Waals surface area (Å²) in [4.78, 5) is 15.0. The number of rotatable bonds is 4. The van der Waals surface area contributed by atoms with Crippen LogP contribution in [0, 0.1) is 0 Å². The molecule has 9 heteroatoms. The molecule has 2 aromatic heterocycles. The monoisotopic (exact) mass is 309 g/mol. The van der Waals surface area contributed by atoms with Gasteiger partial charge in [0.15, 0.2) is 11.5 Å². The Morgan fingerprint density at radius 1 is 1.18 bits per heavy atom. The number of H-pyrrole nitrogens is 1. The number of aromatic nitrogens is 4. The van der Waals surface area contributed by atoms with Crippen molar-refractivity contribution in [1.82, 2.24) is 19.9 Å².